The van der Waals surface area contributed by atoms with E-state index in [2.05, 4.69) is 10.4 Å². The van der Waals surface area contributed by atoms with E-state index < -0.39 is 0 Å². The summed E-state index contributed by atoms with van der Waals surface area (Å²) in [6.07, 6.45) is 5.33. The zero-order valence-corrected chi connectivity index (χ0v) is 9.74. The zero-order valence-electron chi connectivity index (χ0n) is 9.74. The molecule has 0 spiro atoms. The number of amides is 1. The van der Waals surface area contributed by atoms with Gasteiger partial charge in [-0.05, 0) is 24.3 Å². The third-order valence-electron chi connectivity index (χ3n) is 2.43. The summed E-state index contributed by atoms with van der Waals surface area (Å²) in [6.45, 7) is 1.27. The highest BCUT2D eigenvalue weighted by molar-refractivity contribution is 5.93. The summed E-state index contributed by atoms with van der Waals surface area (Å²) >= 11 is 0. The highest BCUT2D eigenvalue weighted by Gasteiger charge is 2.02. The molecule has 6 nitrogen and oxygen atoms in total. The van der Waals surface area contributed by atoms with E-state index in [0.717, 1.165) is 6.54 Å². The molecule has 0 bridgehead atoms. The molecule has 2 aromatic rings. The highest BCUT2D eigenvalue weighted by Crippen LogP contribution is 2.12. The molecular formula is C12H14N4O2. The standard InChI is InChI=1S/C12H14N4O2/c13-15-12(17)10-1-3-11(4-2-10)18-8-7-16-6-5-14-9-16/h1-6,9H,7-8,13H2,(H,15,17). The molecular weight excluding hydrogens is 232 g/mol. The molecule has 18 heavy (non-hydrogen) atoms. The first-order valence-electron chi connectivity index (χ1n) is 5.49. The molecule has 0 atom stereocenters. The van der Waals surface area contributed by atoms with Crippen molar-refractivity contribution in [3.63, 3.8) is 0 Å². The van der Waals surface area contributed by atoms with Gasteiger partial charge in [0.15, 0.2) is 0 Å². The van der Waals surface area contributed by atoms with E-state index in [4.69, 9.17) is 10.6 Å². The summed E-state index contributed by atoms with van der Waals surface area (Å²) in [6, 6.07) is 6.79. The maximum Gasteiger partial charge on any atom is 0.265 e. The maximum absolute atomic E-state index is 11.2. The Morgan fingerprint density at radius 2 is 2.17 bits per heavy atom. The predicted molar refractivity (Wildman–Crippen MR) is 65.8 cm³/mol. The van der Waals surface area contributed by atoms with Gasteiger partial charge in [0.25, 0.3) is 5.91 Å². The van der Waals surface area contributed by atoms with Gasteiger partial charge in [-0.3, -0.25) is 10.2 Å². The van der Waals surface area contributed by atoms with Crippen LogP contribution in [0.2, 0.25) is 0 Å². The largest absolute Gasteiger partial charge is 0.492 e. The number of nitrogens with two attached hydrogens (primary N) is 1. The molecule has 2 rings (SSSR count). The van der Waals surface area contributed by atoms with Crippen LogP contribution in [-0.2, 0) is 6.54 Å². The molecule has 1 heterocycles. The number of hydrazine groups is 1. The molecule has 1 aromatic heterocycles. The summed E-state index contributed by atoms with van der Waals surface area (Å²) in [7, 11) is 0. The number of carbonyl (C=O) groups is 1. The van der Waals surface area contributed by atoms with Gasteiger partial charge < -0.3 is 9.30 Å². The number of hydrogen-bond donors (Lipinski definition) is 2. The van der Waals surface area contributed by atoms with E-state index in [1.807, 2.05) is 10.8 Å². The minimum Gasteiger partial charge on any atom is -0.492 e. The van der Waals surface area contributed by atoms with Crippen LogP contribution in [0.25, 0.3) is 0 Å². The van der Waals surface area contributed by atoms with Crippen molar-refractivity contribution in [2.45, 2.75) is 6.54 Å². The molecule has 0 aliphatic heterocycles. The third kappa shape index (κ3) is 3.08. The number of aromatic nitrogens is 2. The Labute approximate surface area is 104 Å². The zero-order chi connectivity index (χ0) is 12.8. The number of nitrogen functional groups attached to an aromatic ring is 1. The predicted octanol–water partition coefficient (Wildman–Crippen LogP) is 0.566. The van der Waals surface area contributed by atoms with Gasteiger partial charge >= 0.3 is 0 Å². The molecule has 0 unspecified atom stereocenters. The maximum atomic E-state index is 11.2. The van der Waals surface area contributed by atoms with Crippen molar-refractivity contribution < 1.29 is 9.53 Å². The van der Waals surface area contributed by atoms with Gasteiger partial charge in [-0.1, -0.05) is 0 Å². The van der Waals surface area contributed by atoms with Crippen LogP contribution in [0.4, 0.5) is 0 Å². The van der Waals surface area contributed by atoms with E-state index in [0.29, 0.717) is 17.9 Å². The monoisotopic (exact) mass is 246 g/mol. The van der Waals surface area contributed by atoms with Crippen LogP contribution in [0, 0.1) is 0 Å². The van der Waals surface area contributed by atoms with E-state index in [1.165, 1.54) is 0 Å². The third-order valence-corrected chi connectivity index (χ3v) is 2.43. The number of rotatable bonds is 5. The minimum atomic E-state index is -0.319. The van der Waals surface area contributed by atoms with Gasteiger partial charge in [-0.15, -0.1) is 0 Å². The van der Waals surface area contributed by atoms with E-state index in [1.54, 1.807) is 36.8 Å². The lowest BCUT2D eigenvalue weighted by Gasteiger charge is -2.07. The molecule has 1 amide bonds. The van der Waals surface area contributed by atoms with Crippen LogP contribution < -0.4 is 16.0 Å². The fraction of sp³-hybridized carbons (Fsp3) is 0.167. The van der Waals surface area contributed by atoms with E-state index in [-0.39, 0.29) is 5.91 Å². The first-order valence-corrected chi connectivity index (χ1v) is 5.49. The average molecular weight is 246 g/mol. The second kappa shape index (κ2) is 5.83. The lowest BCUT2D eigenvalue weighted by molar-refractivity contribution is 0.0953. The fourth-order valence-corrected chi connectivity index (χ4v) is 1.47. The molecule has 94 valence electrons. The smallest absolute Gasteiger partial charge is 0.265 e. The first kappa shape index (κ1) is 12.1. The Hall–Kier alpha value is -2.34. The molecule has 0 radical (unpaired) electrons. The summed E-state index contributed by atoms with van der Waals surface area (Å²) in [5, 5.41) is 0. The van der Waals surface area contributed by atoms with Crippen LogP contribution in [0.5, 0.6) is 5.75 Å². The quantitative estimate of drug-likeness (QED) is 0.459. The number of imidazole rings is 1. The van der Waals surface area contributed by atoms with Crippen LogP contribution >= 0.6 is 0 Å². The number of carbonyl (C=O) groups excluding carboxylic acids is 1. The number of nitrogens with one attached hydrogen (secondary N) is 1. The summed E-state index contributed by atoms with van der Waals surface area (Å²) in [5.41, 5.74) is 2.57. The van der Waals surface area contributed by atoms with Crippen molar-refractivity contribution in [1.82, 2.24) is 15.0 Å². The Balaban J connectivity index is 1.85. The van der Waals surface area contributed by atoms with Crippen molar-refractivity contribution in [1.29, 1.82) is 0 Å². The van der Waals surface area contributed by atoms with Crippen LogP contribution in [0.15, 0.2) is 43.0 Å². The highest BCUT2D eigenvalue weighted by atomic mass is 16.5. The lowest BCUT2D eigenvalue weighted by atomic mass is 10.2. The Morgan fingerprint density at radius 3 is 2.78 bits per heavy atom. The molecule has 0 saturated heterocycles. The van der Waals surface area contributed by atoms with Gasteiger partial charge in [0.2, 0.25) is 0 Å². The van der Waals surface area contributed by atoms with Crippen molar-refractivity contribution >= 4 is 5.91 Å². The molecule has 0 fully saturated rings. The van der Waals surface area contributed by atoms with Crippen molar-refractivity contribution in [2.75, 3.05) is 6.61 Å². The summed E-state index contributed by atoms with van der Waals surface area (Å²) in [5.74, 6) is 5.43. The van der Waals surface area contributed by atoms with Gasteiger partial charge in [-0.2, -0.15) is 0 Å². The number of nitrogens with zero attached hydrogens (tertiary/aromatic N) is 2. The molecule has 3 N–H and O–H groups in total. The summed E-state index contributed by atoms with van der Waals surface area (Å²) < 4.78 is 7.46. The molecule has 0 aliphatic rings. The van der Waals surface area contributed by atoms with Crippen LogP contribution in [0.1, 0.15) is 10.4 Å². The first-order chi connectivity index (χ1) is 8.79. The topological polar surface area (TPSA) is 82.2 Å². The normalized spacial score (nSPS) is 10.1. The van der Waals surface area contributed by atoms with Crippen molar-refractivity contribution in [2.24, 2.45) is 5.84 Å². The van der Waals surface area contributed by atoms with Gasteiger partial charge in [-0.25, -0.2) is 10.8 Å². The van der Waals surface area contributed by atoms with Crippen molar-refractivity contribution in [3.8, 4) is 5.75 Å². The molecule has 6 heteroatoms. The molecule has 1 aromatic carbocycles. The second-order valence-electron chi connectivity index (χ2n) is 3.65. The average Bonchev–Trinajstić information content (AvgIpc) is 2.92. The molecule has 0 saturated carbocycles. The lowest BCUT2D eigenvalue weighted by Crippen LogP contribution is -2.29. The van der Waals surface area contributed by atoms with Crippen molar-refractivity contribution in [3.05, 3.63) is 48.5 Å². The van der Waals surface area contributed by atoms with Gasteiger partial charge in [0.05, 0.1) is 12.9 Å². The SMILES string of the molecule is NNC(=O)c1ccc(OCCn2ccnc2)cc1. The number of ether oxygens (including phenoxy) is 1. The number of benzene rings is 1. The van der Waals surface area contributed by atoms with Gasteiger partial charge in [0.1, 0.15) is 12.4 Å². The Bertz CT molecular complexity index is 493. The fourth-order valence-electron chi connectivity index (χ4n) is 1.47. The minimum absolute atomic E-state index is 0.319. The number of hydrogen-bond acceptors (Lipinski definition) is 4. The van der Waals surface area contributed by atoms with Crippen LogP contribution in [0.3, 0.4) is 0 Å². The van der Waals surface area contributed by atoms with Crippen LogP contribution in [-0.4, -0.2) is 22.1 Å². The second-order valence-corrected chi connectivity index (χ2v) is 3.65. The van der Waals surface area contributed by atoms with E-state index >= 15 is 0 Å². The summed E-state index contributed by atoms with van der Waals surface area (Å²) in [4.78, 5) is 15.1. The Morgan fingerprint density at radius 1 is 1.39 bits per heavy atom. The molecule has 0 aliphatic carbocycles. The Kier molecular flexibility index (Phi) is 3.93. The van der Waals surface area contributed by atoms with Gasteiger partial charge in [0, 0.05) is 18.0 Å². The van der Waals surface area contributed by atoms with E-state index in [9.17, 15) is 4.79 Å².